The largest absolute Gasteiger partial charge is 0.481 e. The summed E-state index contributed by atoms with van der Waals surface area (Å²) < 4.78 is 0. The summed E-state index contributed by atoms with van der Waals surface area (Å²) in [7, 11) is 0. The molecule has 0 aromatic carbocycles. The monoisotopic (exact) mass is 267 g/mol. The van der Waals surface area contributed by atoms with Crippen LogP contribution in [0.3, 0.4) is 0 Å². The molecule has 0 bridgehead atoms. The second-order valence-corrected chi connectivity index (χ2v) is 6.78. The Labute approximate surface area is 115 Å². The van der Waals surface area contributed by atoms with E-state index in [2.05, 4.69) is 19.2 Å². The molecule has 0 saturated heterocycles. The summed E-state index contributed by atoms with van der Waals surface area (Å²) in [5.74, 6) is -1.06. The van der Waals surface area contributed by atoms with E-state index in [4.69, 9.17) is 5.11 Å². The van der Waals surface area contributed by atoms with E-state index < -0.39 is 11.9 Å². The Morgan fingerprint density at radius 2 is 1.84 bits per heavy atom. The number of aliphatic carboxylic acids is 1. The third kappa shape index (κ3) is 3.10. The van der Waals surface area contributed by atoms with Gasteiger partial charge in [-0.15, -0.1) is 0 Å². The van der Waals surface area contributed by atoms with E-state index in [1.807, 2.05) is 0 Å². The fourth-order valence-corrected chi connectivity index (χ4v) is 3.69. The molecular weight excluding hydrogens is 242 g/mol. The number of rotatable bonds is 3. The van der Waals surface area contributed by atoms with Gasteiger partial charge in [0, 0.05) is 12.0 Å². The Morgan fingerprint density at radius 1 is 1.11 bits per heavy atom. The van der Waals surface area contributed by atoms with Gasteiger partial charge in [0.1, 0.15) is 0 Å². The van der Waals surface area contributed by atoms with Crippen LogP contribution in [0.25, 0.3) is 0 Å². The van der Waals surface area contributed by atoms with Gasteiger partial charge in [0.2, 0.25) is 5.91 Å². The zero-order chi connectivity index (χ0) is 14.0. The fourth-order valence-electron chi connectivity index (χ4n) is 3.69. The lowest BCUT2D eigenvalue weighted by atomic mass is 9.68. The number of hydrogen-bond acceptors (Lipinski definition) is 2. The van der Waals surface area contributed by atoms with Gasteiger partial charge in [-0.2, -0.15) is 0 Å². The lowest BCUT2D eigenvalue weighted by Crippen LogP contribution is -2.47. The summed E-state index contributed by atoms with van der Waals surface area (Å²) in [6.07, 6.45) is 6.70. The highest BCUT2D eigenvalue weighted by atomic mass is 16.4. The van der Waals surface area contributed by atoms with Crippen LogP contribution in [0.2, 0.25) is 0 Å². The maximum Gasteiger partial charge on any atom is 0.308 e. The minimum atomic E-state index is -0.772. The van der Waals surface area contributed by atoms with Crippen molar-refractivity contribution in [3.63, 3.8) is 0 Å². The summed E-state index contributed by atoms with van der Waals surface area (Å²) in [5, 5.41) is 12.2. The number of amides is 1. The average Bonchev–Trinajstić information content (AvgIpc) is 2.76. The van der Waals surface area contributed by atoms with Crippen LogP contribution in [0, 0.1) is 17.3 Å². The third-order valence-corrected chi connectivity index (χ3v) is 4.98. The molecule has 0 aromatic heterocycles. The van der Waals surface area contributed by atoms with E-state index in [0.717, 1.165) is 32.1 Å². The summed E-state index contributed by atoms with van der Waals surface area (Å²) >= 11 is 0. The molecule has 2 saturated carbocycles. The van der Waals surface area contributed by atoms with Crippen molar-refractivity contribution in [3.8, 4) is 0 Å². The van der Waals surface area contributed by atoms with Crippen LogP contribution in [0.5, 0.6) is 0 Å². The molecule has 0 aliphatic heterocycles. The lowest BCUT2D eigenvalue weighted by molar-refractivity contribution is -0.142. The van der Waals surface area contributed by atoms with Crippen molar-refractivity contribution < 1.29 is 14.7 Å². The van der Waals surface area contributed by atoms with Crippen LogP contribution in [0.1, 0.15) is 58.8 Å². The maximum absolute atomic E-state index is 12.4. The van der Waals surface area contributed by atoms with Crippen LogP contribution >= 0.6 is 0 Å². The molecule has 2 rings (SSSR count). The van der Waals surface area contributed by atoms with Crippen molar-refractivity contribution in [1.29, 1.82) is 0 Å². The van der Waals surface area contributed by atoms with Crippen LogP contribution < -0.4 is 5.32 Å². The highest BCUT2D eigenvalue weighted by Crippen LogP contribution is 2.41. The smallest absolute Gasteiger partial charge is 0.308 e. The van der Waals surface area contributed by atoms with Crippen LogP contribution in [-0.4, -0.2) is 23.0 Å². The first-order valence-corrected chi connectivity index (χ1v) is 7.45. The summed E-state index contributed by atoms with van der Waals surface area (Å²) in [4.78, 5) is 23.6. The lowest BCUT2D eigenvalue weighted by Gasteiger charge is -2.38. The van der Waals surface area contributed by atoms with Gasteiger partial charge in [-0.1, -0.05) is 33.1 Å². The number of carboxylic acids is 1. The summed E-state index contributed by atoms with van der Waals surface area (Å²) in [6.45, 7) is 4.31. The van der Waals surface area contributed by atoms with Crippen LogP contribution in [-0.2, 0) is 9.59 Å². The van der Waals surface area contributed by atoms with Gasteiger partial charge in [-0.3, -0.25) is 9.59 Å². The molecule has 0 aromatic rings. The number of carboxylic acid groups (broad SMARTS) is 1. The predicted octanol–water partition coefficient (Wildman–Crippen LogP) is 2.57. The Morgan fingerprint density at radius 3 is 2.47 bits per heavy atom. The molecule has 19 heavy (non-hydrogen) atoms. The number of carbonyl (C=O) groups is 2. The third-order valence-electron chi connectivity index (χ3n) is 4.98. The molecule has 0 heterocycles. The van der Waals surface area contributed by atoms with Gasteiger partial charge in [0.25, 0.3) is 0 Å². The normalized spacial score (nSPS) is 33.9. The van der Waals surface area contributed by atoms with Crippen molar-refractivity contribution in [3.05, 3.63) is 0 Å². The van der Waals surface area contributed by atoms with E-state index in [-0.39, 0.29) is 23.3 Å². The second kappa shape index (κ2) is 5.51. The standard InChI is InChI=1S/C15H25NO3/c1-15(2)9-4-3-7-11(15)13(17)16-12-8-5-6-10(12)14(18)19/h10-12H,3-9H2,1-2H3,(H,16,17)(H,18,19). The van der Waals surface area contributed by atoms with Gasteiger partial charge in [-0.05, 0) is 31.1 Å². The topological polar surface area (TPSA) is 66.4 Å². The van der Waals surface area contributed by atoms with Gasteiger partial charge in [-0.25, -0.2) is 0 Å². The first-order valence-electron chi connectivity index (χ1n) is 7.45. The zero-order valence-corrected chi connectivity index (χ0v) is 11.9. The number of hydrogen-bond donors (Lipinski definition) is 2. The molecule has 3 unspecified atom stereocenters. The highest BCUT2D eigenvalue weighted by Gasteiger charge is 2.40. The first-order chi connectivity index (χ1) is 8.92. The molecule has 108 valence electrons. The van der Waals surface area contributed by atoms with E-state index >= 15 is 0 Å². The van der Waals surface area contributed by atoms with E-state index in [1.165, 1.54) is 6.42 Å². The molecule has 2 fully saturated rings. The Balaban J connectivity index is 1.98. The van der Waals surface area contributed by atoms with Crippen molar-refractivity contribution in [2.75, 3.05) is 0 Å². The summed E-state index contributed by atoms with van der Waals surface area (Å²) in [5.41, 5.74) is 0.0413. The van der Waals surface area contributed by atoms with Gasteiger partial charge >= 0.3 is 5.97 Å². The Hall–Kier alpha value is -1.06. The van der Waals surface area contributed by atoms with Crippen molar-refractivity contribution in [2.45, 2.75) is 64.8 Å². The molecular formula is C15H25NO3. The highest BCUT2D eigenvalue weighted by molar-refractivity contribution is 5.81. The van der Waals surface area contributed by atoms with Gasteiger partial charge in [0.05, 0.1) is 5.92 Å². The molecule has 4 heteroatoms. The van der Waals surface area contributed by atoms with Crippen molar-refractivity contribution in [1.82, 2.24) is 5.32 Å². The van der Waals surface area contributed by atoms with Crippen LogP contribution in [0.4, 0.5) is 0 Å². The Bertz CT molecular complexity index is 364. The van der Waals surface area contributed by atoms with Crippen molar-refractivity contribution >= 4 is 11.9 Å². The average molecular weight is 267 g/mol. The molecule has 2 aliphatic carbocycles. The molecule has 0 radical (unpaired) electrons. The predicted molar refractivity (Wildman–Crippen MR) is 72.6 cm³/mol. The van der Waals surface area contributed by atoms with Gasteiger partial charge in [0.15, 0.2) is 0 Å². The second-order valence-electron chi connectivity index (χ2n) is 6.78. The van der Waals surface area contributed by atoms with Crippen LogP contribution in [0.15, 0.2) is 0 Å². The zero-order valence-electron chi connectivity index (χ0n) is 11.9. The minimum absolute atomic E-state index is 0.0382. The number of nitrogens with one attached hydrogen (secondary N) is 1. The van der Waals surface area contributed by atoms with E-state index in [0.29, 0.717) is 6.42 Å². The maximum atomic E-state index is 12.4. The quantitative estimate of drug-likeness (QED) is 0.826. The molecule has 4 nitrogen and oxygen atoms in total. The van der Waals surface area contributed by atoms with E-state index in [1.54, 1.807) is 0 Å². The molecule has 3 atom stereocenters. The Kier molecular flexibility index (Phi) is 4.16. The van der Waals surface area contributed by atoms with Crippen molar-refractivity contribution in [2.24, 2.45) is 17.3 Å². The summed E-state index contributed by atoms with van der Waals surface area (Å²) in [6, 6.07) is -0.164. The first kappa shape index (κ1) is 14.4. The molecule has 2 N–H and O–H groups in total. The van der Waals surface area contributed by atoms with Gasteiger partial charge < -0.3 is 10.4 Å². The number of carbonyl (C=O) groups excluding carboxylic acids is 1. The molecule has 1 amide bonds. The minimum Gasteiger partial charge on any atom is -0.481 e. The molecule has 0 spiro atoms. The van der Waals surface area contributed by atoms with E-state index in [9.17, 15) is 9.59 Å². The SMILES string of the molecule is CC1(C)CCCCC1C(=O)NC1CCCC1C(=O)O. The molecule has 2 aliphatic rings. The fraction of sp³-hybridized carbons (Fsp3) is 0.867.